The van der Waals surface area contributed by atoms with Crippen molar-refractivity contribution in [1.29, 1.82) is 0 Å². The second-order valence-electron chi connectivity index (χ2n) is 6.83. The molecule has 2 fully saturated rings. The lowest BCUT2D eigenvalue weighted by molar-refractivity contribution is -0.174. The van der Waals surface area contributed by atoms with Gasteiger partial charge in [-0.25, -0.2) is 0 Å². The highest BCUT2D eigenvalue weighted by molar-refractivity contribution is 7.85. The van der Waals surface area contributed by atoms with Crippen LogP contribution in [0.1, 0.15) is 27.7 Å². The summed E-state index contributed by atoms with van der Waals surface area (Å²) in [6.45, 7) is 7.94. The smallest absolute Gasteiger partial charge is 0.163 e. The molecular formula is C17H24O5S. The third kappa shape index (κ3) is 4.00. The number of hydrogen-bond acceptors (Lipinski definition) is 5. The Hall–Kier alpha value is -0.790. The fraction of sp³-hybridized carbons (Fsp3) is 0.647. The molecule has 2 heterocycles. The average Bonchev–Trinajstić information content (AvgIpc) is 2.98. The van der Waals surface area contributed by atoms with Crippen LogP contribution < -0.4 is 0 Å². The summed E-state index contributed by atoms with van der Waals surface area (Å²) in [5.74, 6) is -0.964. The molecule has 1 aromatic rings. The highest BCUT2D eigenvalue weighted by atomic mass is 32.2. The lowest BCUT2D eigenvalue weighted by atomic mass is 10.1. The van der Waals surface area contributed by atoms with E-state index in [1.165, 1.54) is 0 Å². The van der Waals surface area contributed by atoms with Crippen molar-refractivity contribution in [2.75, 3.05) is 12.4 Å². The summed E-state index contributed by atoms with van der Waals surface area (Å²) in [6.07, 6.45) is -0.808. The summed E-state index contributed by atoms with van der Waals surface area (Å²) < 4.78 is 36.2. The summed E-state index contributed by atoms with van der Waals surface area (Å²) in [6, 6.07) is 9.41. The fourth-order valence-corrected chi connectivity index (χ4v) is 4.21. The number of rotatable bonds is 4. The van der Waals surface area contributed by atoms with E-state index in [9.17, 15) is 4.21 Å². The van der Waals surface area contributed by atoms with E-state index in [1.807, 2.05) is 58.0 Å². The van der Waals surface area contributed by atoms with Gasteiger partial charge in [-0.05, 0) is 39.8 Å². The molecule has 0 aliphatic carbocycles. The van der Waals surface area contributed by atoms with E-state index < -0.39 is 22.4 Å². The van der Waals surface area contributed by atoms with E-state index in [0.717, 1.165) is 4.90 Å². The topological polar surface area (TPSA) is 54.0 Å². The second kappa shape index (κ2) is 6.26. The molecule has 23 heavy (non-hydrogen) atoms. The lowest BCUT2D eigenvalue weighted by Crippen LogP contribution is -2.40. The number of hydrogen-bond donors (Lipinski definition) is 0. The maximum atomic E-state index is 12.6. The quantitative estimate of drug-likeness (QED) is 0.843. The van der Waals surface area contributed by atoms with Gasteiger partial charge in [0, 0.05) is 4.90 Å². The maximum Gasteiger partial charge on any atom is 0.163 e. The minimum Gasteiger partial charge on any atom is -0.348 e. The minimum atomic E-state index is -1.15. The molecular weight excluding hydrogens is 316 g/mol. The van der Waals surface area contributed by atoms with Gasteiger partial charge in [0.15, 0.2) is 11.6 Å². The lowest BCUT2D eigenvalue weighted by Gasteiger charge is -2.23. The van der Waals surface area contributed by atoms with Crippen LogP contribution in [0.4, 0.5) is 0 Å². The molecule has 0 aromatic heterocycles. The first-order valence-corrected chi connectivity index (χ1v) is 9.18. The van der Waals surface area contributed by atoms with Crippen LogP contribution in [0.15, 0.2) is 35.2 Å². The molecule has 128 valence electrons. The largest absolute Gasteiger partial charge is 0.348 e. The monoisotopic (exact) mass is 340 g/mol. The molecule has 2 aliphatic heterocycles. The van der Waals surface area contributed by atoms with Gasteiger partial charge < -0.3 is 18.9 Å². The second-order valence-corrected chi connectivity index (χ2v) is 8.33. The molecule has 5 nitrogen and oxygen atoms in total. The van der Waals surface area contributed by atoms with Gasteiger partial charge in [0.05, 0.1) is 23.2 Å². The highest BCUT2D eigenvalue weighted by Gasteiger charge is 2.50. The van der Waals surface area contributed by atoms with Crippen LogP contribution in [-0.4, -0.2) is 46.5 Å². The van der Waals surface area contributed by atoms with E-state index >= 15 is 0 Å². The van der Waals surface area contributed by atoms with Crippen molar-refractivity contribution in [2.24, 2.45) is 0 Å². The average molecular weight is 340 g/mol. The van der Waals surface area contributed by atoms with E-state index in [1.54, 1.807) is 0 Å². The van der Waals surface area contributed by atoms with Gasteiger partial charge in [-0.3, -0.25) is 4.21 Å². The first-order chi connectivity index (χ1) is 10.8. The SMILES string of the molecule is CC1(C)O[C@H]([C@H]2COC(C)(C)O2)[C@H](CS(=O)c2ccccc2)O1. The molecule has 2 aliphatic rings. The van der Waals surface area contributed by atoms with Crippen molar-refractivity contribution in [3.8, 4) is 0 Å². The van der Waals surface area contributed by atoms with Gasteiger partial charge in [-0.15, -0.1) is 0 Å². The Morgan fingerprint density at radius 3 is 2.35 bits per heavy atom. The Labute approximate surface area is 139 Å². The predicted octanol–water partition coefficient (Wildman–Crippen LogP) is 2.47. The van der Waals surface area contributed by atoms with Crippen LogP contribution in [-0.2, 0) is 29.7 Å². The van der Waals surface area contributed by atoms with Gasteiger partial charge in [0.1, 0.15) is 18.3 Å². The molecule has 0 radical (unpaired) electrons. The third-order valence-corrected chi connectivity index (χ3v) is 5.37. The van der Waals surface area contributed by atoms with Crippen molar-refractivity contribution in [3.63, 3.8) is 0 Å². The molecule has 0 bridgehead atoms. The van der Waals surface area contributed by atoms with Gasteiger partial charge in [-0.1, -0.05) is 18.2 Å². The molecule has 1 unspecified atom stereocenters. The molecule has 0 N–H and O–H groups in total. The van der Waals surface area contributed by atoms with Crippen LogP contribution in [0.5, 0.6) is 0 Å². The van der Waals surface area contributed by atoms with E-state index in [0.29, 0.717) is 12.4 Å². The van der Waals surface area contributed by atoms with Crippen molar-refractivity contribution in [2.45, 2.75) is 62.5 Å². The maximum absolute atomic E-state index is 12.6. The normalized spacial score (nSPS) is 33.7. The molecule has 1 aromatic carbocycles. The van der Waals surface area contributed by atoms with Crippen molar-refractivity contribution in [1.82, 2.24) is 0 Å². The fourth-order valence-electron chi connectivity index (χ4n) is 3.00. The summed E-state index contributed by atoms with van der Waals surface area (Å²) >= 11 is 0. The first kappa shape index (κ1) is 17.0. The van der Waals surface area contributed by atoms with Gasteiger partial charge in [0.25, 0.3) is 0 Å². The predicted molar refractivity (Wildman–Crippen MR) is 86.4 cm³/mol. The van der Waals surface area contributed by atoms with Gasteiger partial charge >= 0.3 is 0 Å². The zero-order valence-electron chi connectivity index (χ0n) is 14.0. The molecule has 4 atom stereocenters. The zero-order valence-corrected chi connectivity index (χ0v) is 14.8. The Kier molecular flexibility index (Phi) is 4.64. The molecule has 3 rings (SSSR count). The Morgan fingerprint density at radius 1 is 1.04 bits per heavy atom. The van der Waals surface area contributed by atoms with Crippen molar-refractivity contribution in [3.05, 3.63) is 30.3 Å². The Bertz CT molecular complexity index is 572. The van der Waals surface area contributed by atoms with Crippen molar-refractivity contribution >= 4 is 10.8 Å². The molecule has 6 heteroatoms. The van der Waals surface area contributed by atoms with E-state index in [-0.39, 0.29) is 18.3 Å². The van der Waals surface area contributed by atoms with Crippen LogP contribution in [0.3, 0.4) is 0 Å². The number of ether oxygens (including phenoxy) is 4. The summed E-state index contributed by atoms with van der Waals surface area (Å²) in [5.41, 5.74) is 0. The molecule has 0 amide bonds. The molecule has 0 saturated carbocycles. The van der Waals surface area contributed by atoms with Gasteiger partial charge in [0.2, 0.25) is 0 Å². The Morgan fingerprint density at radius 2 is 1.74 bits per heavy atom. The van der Waals surface area contributed by atoms with Crippen LogP contribution in [0.2, 0.25) is 0 Å². The van der Waals surface area contributed by atoms with Gasteiger partial charge in [-0.2, -0.15) is 0 Å². The highest BCUT2D eigenvalue weighted by Crippen LogP contribution is 2.36. The summed E-state index contributed by atoms with van der Waals surface area (Å²) in [7, 11) is -1.15. The molecule has 2 saturated heterocycles. The van der Waals surface area contributed by atoms with E-state index in [4.69, 9.17) is 18.9 Å². The third-order valence-electron chi connectivity index (χ3n) is 3.94. The van der Waals surface area contributed by atoms with Crippen molar-refractivity contribution < 1.29 is 23.2 Å². The summed E-state index contributed by atoms with van der Waals surface area (Å²) in [5, 5.41) is 0. The van der Waals surface area contributed by atoms with Crippen LogP contribution >= 0.6 is 0 Å². The number of benzene rings is 1. The van der Waals surface area contributed by atoms with Crippen LogP contribution in [0.25, 0.3) is 0 Å². The molecule has 0 spiro atoms. The Balaban J connectivity index is 1.72. The standard InChI is InChI=1S/C17H24O5S/c1-16(2)19-10-13(20-16)15-14(21-17(3,4)22-15)11-23(18)12-8-6-5-7-9-12/h5-9,13-15H,10-11H2,1-4H3/t13-,14+,15-,23?/m1/s1. The minimum absolute atomic E-state index is 0.218. The van der Waals surface area contributed by atoms with Crippen LogP contribution in [0, 0.1) is 0 Å². The first-order valence-electron chi connectivity index (χ1n) is 7.87. The van der Waals surface area contributed by atoms with E-state index in [2.05, 4.69) is 0 Å². The summed E-state index contributed by atoms with van der Waals surface area (Å²) in [4.78, 5) is 0.795. The zero-order chi connectivity index (χ0) is 16.7.